The molecule has 1 nitrogen and oxygen atoms in total. The van der Waals surface area contributed by atoms with Gasteiger partial charge in [0.15, 0.2) is 0 Å². The first kappa shape index (κ1) is 8.48. The molecule has 0 aromatic heterocycles. The van der Waals surface area contributed by atoms with Crippen molar-refractivity contribution in [2.75, 3.05) is 11.5 Å². The zero-order chi connectivity index (χ0) is 8.44. The van der Waals surface area contributed by atoms with Crippen molar-refractivity contribution in [1.82, 2.24) is 0 Å². The summed E-state index contributed by atoms with van der Waals surface area (Å²) in [5.41, 5.74) is 7.44. The maximum absolute atomic E-state index is 6.21. The van der Waals surface area contributed by atoms with Crippen LogP contribution >= 0.6 is 23.5 Å². The number of benzene rings is 1. The number of nitrogens with two attached hydrogens (primary N) is 1. The van der Waals surface area contributed by atoms with Crippen LogP contribution in [-0.2, 0) is 4.20 Å². The number of hydrogen-bond acceptors (Lipinski definition) is 3. The Labute approximate surface area is 81.1 Å². The van der Waals surface area contributed by atoms with Gasteiger partial charge in [0.1, 0.15) is 4.20 Å². The Kier molecular flexibility index (Phi) is 2.35. The second kappa shape index (κ2) is 3.32. The van der Waals surface area contributed by atoms with Gasteiger partial charge in [-0.15, -0.1) is 23.5 Å². The monoisotopic (exact) mass is 197 g/mol. The molecular formula is C9H11NS2. The highest BCUT2D eigenvalue weighted by Crippen LogP contribution is 2.46. The van der Waals surface area contributed by atoms with Crippen LogP contribution in [-0.4, -0.2) is 11.5 Å². The average molecular weight is 197 g/mol. The summed E-state index contributed by atoms with van der Waals surface area (Å²) >= 11 is 3.68. The molecule has 0 saturated carbocycles. The Morgan fingerprint density at radius 3 is 2.25 bits per heavy atom. The fourth-order valence-corrected chi connectivity index (χ4v) is 3.98. The predicted molar refractivity (Wildman–Crippen MR) is 57.2 cm³/mol. The van der Waals surface area contributed by atoms with Crippen LogP contribution in [0, 0.1) is 0 Å². The average Bonchev–Trinajstić information content (AvgIpc) is 2.55. The molecule has 3 heteroatoms. The number of thioether (sulfide) groups is 2. The fourth-order valence-electron chi connectivity index (χ4n) is 1.27. The van der Waals surface area contributed by atoms with Crippen molar-refractivity contribution < 1.29 is 0 Å². The van der Waals surface area contributed by atoms with E-state index in [2.05, 4.69) is 12.1 Å². The van der Waals surface area contributed by atoms with Gasteiger partial charge in [-0.3, -0.25) is 0 Å². The van der Waals surface area contributed by atoms with Crippen molar-refractivity contribution in [3.8, 4) is 0 Å². The maximum atomic E-state index is 6.21. The molecule has 1 fully saturated rings. The van der Waals surface area contributed by atoms with Gasteiger partial charge >= 0.3 is 0 Å². The maximum Gasteiger partial charge on any atom is 0.135 e. The van der Waals surface area contributed by atoms with E-state index < -0.39 is 0 Å². The number of rotatable bonds is 1. The van der Waals surface area contributed by atoms with Gasteiger partial charge in [0.2, 0.25) is 0 Å². The van der Waals surface area contributed by atoms with E-state index in [1.165, 1.54) is 5.56 Å². The van der Waals surface area contributed by atoms with Gasteiger partial charge in [-0.05, 0) is 5.56 Å². The van der Waals surface area contributed by atoms with E-state index in [1.54, 1.807) is 0 Å². The first-order valence-corrected chi connectivity index (χ1v) is 5.91. The van der Waals surface area contributed by atoms with E-state index in [1.807, 2.05) is 41.7 Å². The molecule has 0 spiro atoms. The standard InChI is InChI=1S/C9H11NS2/c10-9(11-6-7-12-9)8-4-2-1-3-5-8/h1-5H,6-7,10H2. The molecule has 0 aliphatic carbocycles. The summed E-state index contributed by atoms with van der Waals surface area (Å²) in [6, 6.07) is 10.3. The molecule has 2 N–H and O–H groups in total. The molecule has 1 aromatic carbocycles. The third-order valence-electron chi connectivity index (χ3n) is 1.89. The van der Waals surface area contributed by atoms with E-state index in [9.17, 15) is 0 Å². The van der Waals surface area contributed by atoms with Crippen LogP contribution in [0.5, 0.6) is 0 Å². The predicted octanol–water partition coefficient (Wildman–Crippen LogP) is 2.24. The third kappa shape index (κ3) is 1.49. The molecule has 0 unspecified atom stereocenters. The van der Waals surface area contributed by atoms with E-state index in [-0.39, 0.29) is 4.20 Å². The fraction of sp³-hybridized carbons (Fsp3) is 0.333. The van der Waals surface area contributed by atoms with Crippen molar-refractivity contribution in [3.05, 3.63) is 35.9 Å². The lowest BCUT2D eigenvalue weighted by atomic mass is 10.2. The SMILES string of the molecule is NC1(c2ccccc2)SCCS1. The molecule has 0 atom stereocenters. The van der Waals surface area contributed by atoms with Crippen molar-refractivity contribution in [2.45, 2.75) is 4.20 Å². The molecule has 0 bridgehead atoms. The van der Waals surface area contributed by atoms with Gasteiger partial charge in [0.25, 0.3) is 0 Å². The molecule has 1 saturated heterocycles. The van der Waals surface area contributed by atoms with Gasteiger partial charge in [0, 0.05) is 11.5 Å². The second-order valence-electron chi connectivity index (χ2n) is 2.73. The first-order chi connectivity index (χ1) is 5.81. The summed E-state index contributed by atoms with van der Waals surface area (Å²) < 4.78 is -0.179. The molecule has 12 heavy (non-hydrogen) atoms. The Bertz CT molecular complexity index is 254. The van der Waals surface area contributed by atoms with Gasteiger partial charge in [-0.2, -0.15) is 0 Å². The lowest BCUT2D eigenvalue weighted by Gasteiger charge is -2.21. The largest absolute Gasteiger partial charge is 0.305 e. The minimum Gasteiger partial charge on any atom is -0.305 e. The summed E-state index contributed by atoms with van der Waals surface area (Å²) in [4.78, 5) is 0. The van der Waals surface area contributed by atoms with E-state index >= 15 is 0 Å². The molecule has 1 aliphatic rings. The summed E-state index contributed by atoms with van der Waals surface area (Å²) in [7, 11) is 0. The van der Waals surface area contributed by atoms with Crippen molar-refractivity contribution in [2.24, 2.45) is 5.73 Å². The molecule has 0 radical (unpaired) electrons. The lowest BCUT2D eigenvalue weighted by Crippen LogP contribution is -2.25. The van der Waals surface area contributed by atoms with Crippen LogP contribution in [0.4, 0.5) is 0 Å². The molecule has 1 aliphatic heterocycles. The third-order valence-corrected chi connectivity index (χ3v) is 5.00. The van der Waals surface area contributed by atoms with Crippen LogP contribution in [0.25, 0.3) is 0 Å². The molecule has 1 aromatic rings. The van der Waals surface area contributed by atoms with Crippen LogP contribution in [0.15, 0.2) is 30.3 Å². The quantitative estimate of drug-likeness (QED) is 0.747. The Hall–Kier alpha value is -0.120. The van der Waals surface area contributed by atoms with Crippen LogP contribution < -0.4 is 5.73 Å². The molecule has 0 amide bonds. The number of hydrogen-bond donors (Lipinski definition) is 1. The Morgan fingerprint density at radius 1 is 1.08 bits per heavy atom. The zero-order valence-electron chi connectivity index (χ0n) is 6.69. The van der Waals surface area contributed by atoms with Crippen molar-refractivity contribution >= 4 is 23.5 Å². The summed E-state index contributed by atoms with van der Waals surface area (Å²) in [6.07, 6.45) is 0. The summed E-state index contributed by atoms with van der Waals surface area (Å²) in [5, 5.41) is 0. The first-order valence-electron chi connectivity index (χ1n) is 3.93. The second-order valence-corrected chi connectivity index (χ2v) is 5.67. The summed E-state index contributed by atoms with van der Waals surface area (Å²) in [6.45, 7) is 0. The minimum atomic E-state index is -0.179. The highest BCUT2D eigenvalue weighted by molar-refractivity contribution is 8.20. The van der Waals surface area contributed by atoms with Gasteiger partial charge in [-0.25, -0.2) is 0 Å². The highest BCUT2D eigenvalue weighted by Gasteiger charge is 2.32. The Balaban J connectivity index is 2.29. The Morgan fingerprint density at radius 2 is 1.67 bits per heavy atom. The molecule has 1 heterocycles. The van der Waals surface area contributed by atoms with E-state index in [4.69, 9.17) is 5.73 Å². The van der Waals surface area contributed by atoms with Crippen LogP contribution in [0.2, 0.25) is 0 Å². The van der Waals surface area contributed by atoms with Gasteiger partial charge in [0.05, 0.1) is 0 Å². The van der Waals surface area contributed by atoms with Crippen molar-refractivity contribution in [3.63, 3.8) is 0 Å². The molecule has 64 valence electrons. The molecule has 2 rings (SSSR count). The smallest absolute Gasteiger partial charge is 0.135 e. The topological polar surface area (TPSA) is 26.0 Å². The lowest BCUT2D eigenvalue weighted by molar-refractivity contribution is 0.961. The normalized spacial score (nSPS) is 21.1. The van der Waals surface area contributed by atoms with Crippen LogP contribution in [0.3, 0.4) is 0 Å². The summed E-state index contributed by atoms with van der Waals surface area (Å²) in [5.74, 6) is 2.33. The highest BCUT2D eigenvalue weighted by atomic mass is 32.2. The minimum absolute atomic E-state index is 0.179. The van der Waals surface area contributed by atoms with Gasteiger partial charge < -0.3 is 5.73 Å². The molecular weight excluding hydrogens is 186 g/mol. The van der Waals surface area contributed by atoms with E-state index in [0.29, 0.717) is 0 Å². The zero-order valence-corrected chi connectivity index (χ0v) is 8.33. The van der Waals surface area contributed by atoms with Crippen molar-refractivity contribution in [1.29, 1.82) is 0 Å². The van der Waals surface area contributed by atoms with E-state index in [0.717, 1.165) is 11.5 Å². The van der Waals surface area contributed by atoms with Crippen LogP contribution in [0.1, 0.15) is 5.56 Å². The van der Waals surface area contributed by atoms with Gasteiger partial charge in [-0.1, -0.05) is 30.3 Å².